The molecule has 2 atom stereocenters. The topological polar surface area (TPSA) is 115 Å². The number of nitriles is 1. The van der Waals surface area contributed by atoms with E-state index in [1.54, 1.807) is 0 Å². The van der Waals surface area contributed by atoms with E-state index in [0.29, 0.717) is 11.0 Å². The summed E-state index contributed by atoms with van der Waals surface area (Å²) in [7, 11) is 0. The van der Waals surface area contributed by atoms with Gasteiger partial charge in [0.25, 0.3) is 5.91 Å². The molecule has 1 aliphatic rings. The van der Waals surface area contributed by atoms with Gasteiger partial charge in [0.05, 0.1) is 23.7 Å². The molecule has 30 heavy (non-hydrogen) atoms. The lowest BCUT2D eigenvalue weighted by Crippen LogP contribution is -2.42. The van der Waals surface area contributed by atoms with Gasteiger partial charge in [0, 0.05) is 18.8 Å². The van der Waals surface area contributed by atoms with Gasteiger partial charge in [-0.2, -0.15) is 31.6 Å². The molecule has 1 aromatic rings. The number of benzene rings is 1. The van der Waals surface area contributed by atoms with Crippen molar-refractivity contribution in [2.24, 2.45) is 0 Å². The Bertz CT molecular complexity index is 852. The molecule has 0 radical (unpaired) electrons. The number of nitrogens with one attached hydrogen (secondary N) is 2. The Balaban J connectivity index is 2.25. The summed E-state index contributed by atoms with van der Waals surface area (Å²) in [5.41, 5.74) is -2.72. The van der Waals surface area contributed by atoms with Crippen molar-refractivity contribution in [1.82, 2.24) is 10.6 Å². The molecule has 1 aromatic carbocycles. The number of nitrogens with zero attached hydrogens (tertiary/aromatic N) is 2. The van der Waals surface area contributed by atoms with Gasteiger partial charge in [0.1, 0.15) is 0 Å². The van der Waals surface area contributed by atoms with Crippen LogP contribution in [0.15, 0.2) is 18.2 Å². The van der Waals surface area contributed by atoms with Crippen LogP contribution in [0.25, 0.3) is 0 Å². The Labute approximate surface area is 165 Å². The molecule has 2 amide bonds. The van der Waals surface area contributed by atoms with Crippen LogP contribution in [0.5, 0.6) is 0 Å². The number of carbonyl (C=O) groups is 2. The molecular formula is C16H14F6N4O4. The van der Waals surface area contributed by atoms with Crippen LogP contribution in [0.3, 0.4) is 0 Å². The molecule has 8 nitrogen and oxygen atoms in total. The van der Waals surface area contributed by atoms with E-state index in [2.05, 4.69) is 5.32 Å². The lowest BCUT2D eigenvalue weighted by Gasteiger charge is -2.27. The van der Waals surface area contributed by atoms with E-state index < -0.39 is 60.0 Å². The summed E-state index contributed by atoms with van der Waals surface area (Å²) in [6.07, 6.45) is -15.8. The first-order valence-electron chi connectivity index (χ1n) is 8.19. The van der Waals surface area contributed by atoms with Crippen molar-refractivity contribution in [3.63, 3.8) is 0 Å². The molecule has 2 unspecified atom stereocenters. The van der Waals surface area contributed by atoms with Crippen molar-refractivity contribution in [3.8, 4) is 6.07 Å². The third kappa shape index (κ3) is 5.44. The molecular weight excluding hydrogens is 426 g/mol. The quantitative estimate of drug-likeness (QED) is 0.477. The number of hydrogen-bond acceptors (Lipinski definition) is 5. The Hall–Kier alpha value is -3.21. The van der Waals surface area contributed by atoms with Crippen molar-refractivity contribution in [2.45, 2.75) is 24.7 Å². The number of carbonyl (C=O) groups excluding carboxylic acids is 1. The van der Waals surface area contributed by atoms with Gasteiger partial charge in [-0.25, -0.2) is 4.79 Å². The highest BCUT2D eigenvalue weighted by Crippen LogP contribution is 2.39. The van der Waals surface area contributed by atoms with Crippen LogP contribution < -0.4 is 15.5 Å². The van der Waals surface area contributed by atoms with E-state index in [0.717, 1.165) is 12.1 Å². The fourth-order valence-corrected chi connectivity index (χ4v) is 2.70. The van der Waals surface area contributed by atoms with Crippen molar-refractivity contribution in [3.05, 3.63) is 29.3 Å². The summed E-state index contributed by atoms with van der Waals surface area (Å²) in [5, 5.41) is 21.3. The summed E-state index contributed by atoms with van der Waals surface area (Å²) in [5.74, 6) is -0.997. The second-order valence-corrected chi connectivity index (χ2v) is 6.03. The van der Waals surface area contributed by atoms with Crippen molar-refractivity contribution in [1.29, 1.82) is 5.26 Å². The van der Waals surface area contributed by atoms with Gasteiger partial charge >= 0.3 is 18.4 Å². The first kappa shape index (κ1) is 23.1. The van der Waals surface area contributed by atoms with Gasteiger partial charge in [0.15, 0.2) is 6.10 Å². The smallest absolute Gasteiger partial charge is 0.433 e. The molecule has 2 rings (SSSR count). The number of carboxylic acid groups (broad SMARTS) is 1. The highest BCUT2D eigenvalue weighted by molar-refractivity contribution is 5.82. The molecule has 164 valence electrons. The number of halogens is 6. The molecule has 0 aliphatic carbocycles. The summed E-state index contributed by atoms with van der Waals surface area (Å²) in [6, 6.07) is 3.34. The number of alkyl halides is 6. The fourth-order valence-electron chi connectivity index (χ4n) is 2.70. The normalized spacial score (nSPS) is 19.3. The molecule has 3 N–H and O–H groups in total. The molecule has 0 saturated carbocycles. The maximum Gasteiger partial charge on any atom is 0.433 e. The molecule has 0 bridgehead atoms. The molecule has 1 heterocycles. The van der Waals surface area contributed by atoms with Gasteiger partial charge in [-0.05, 0) is 18.2 Å². The Kier molecular flexibility index (Phi) is 6.66. The minimum Gasteiger partial charge on any atom is -0.465 e. The predicted octanol–water partition coefficient (Wildman–Crippen LogP) is 2.05. The van der Waals surface area contributed by atoms with Gasteiger partial charge < -0.3 is 25.4 Å². The molecule has 1 aliphatic heterocycles. The fraction of sp³-hybridized carbons (Fsp3) is 0.438. The van der Waals surface area contributed by atoms with Crippen LogP contribution >= 0.6 is 0 Å². The first-order valence-corrected chi connectivity index (χ1v) is 8.19. The monoisotopic (exact) mass is 440 g/mol. The largest absolute Gasteiger partial charge is 0.465 e. The second kappa shape index (κ2) is 8.66. The summed E-state index contributed by atoms with van der Waals surface area (Å²) in [6.45, 7) is -1.17. The molecule has 0 aromatic heterocycles. The van der Waals surface area contributed by atoms with E-state index >= 15 is 0 Å². The minimum atomic E-state index is -5.04. The number of amides is 2. The van der Waals surface area contributed by atoms with Crippen LogP contribution in [-0.4, -0.2) is 55.2 Å². The predicted molar refractivity (Wildman–Crippen MR) is 87.3 cm³/mol. The number of ether oxygens (including phenoxy) is 1. The van der Waals surface area contributed by atoms with E-state index in [1.807, 2.05) is 5.32 Å². The molecule has 0 spiro atoms. The molecule has 1 saturated heterocycles. The number of hydrogen-bond donors (Lipinski definition) is 3. The average Bonchev–Trinajstić information content (AvgIpc) is 3.09. The molecule has 1 fully saturated rings. The third-order valence-corrected chi connectivity index (χ3v) is 3.97. The van der Waals surface area contributed by atoms with E-state index in [9.17, 15) is 35.9 Å². The zero-order valence-corrected chi connectivity index (χ0v) is 14.8. The van der Waals surface area contributed by atoms with E-state index in [1.165, 1.54) is 6.07 Å². The summed E-state index contributed by atoms with van der Waals surface area (Å²) in [4.78, 5) is 22.8. The lowest BCUT2D eigenvalue weighted by molar-refractivity contribution is -0.213. The Morgan fingerprint density at radius 1 is 1.20 bits per heavy atom. The van der Waals surface area contributed by atoms with E-state index in [-0.39, 0.29) is 13.1 Å². The van der Waals surface area contributed by atoms with E-state index in [4.69, 9.17) is 15.1 Å². The van der Waals surface area contributed by atoms with Gasteiger partial charge in [-0.1, -0.05) is 0 Å². The van der Waals surface area contributed by atoms with Crippen LogP contribution in [-0.2, 0) is 15.7 Å². The van der Waals surface area contributed by atoms with Crippen molar-refractivity contribution < 1.29 is 45.8 Å². The summed E-state index contributed by atoms with van der Waals surface area (Å²) >= 11 is 0. The van der Waals surface area contributed by atoms with Crippen LogP contribution in [0.4, 0.5) is 36.8 Å². The van der Waals surface area contributed by atoms with Gasteiger partial charge in [-0.3, -0.25) is 4.79 Å². The van der Waals surface area contributed by atoms with Crippen LogP contribution in [0.2, 0.25) is 0 Å². The summed E-state index contributed by atoms with van der Waals surface area (Å²) < 4.78 is 84.2. The highest BCUT2D eigenvalue weighted by atomic mass is 19.4. The second-order valence-electron chi connectivity index (χ2n) is 6.03. The average molecular weight is 440 g/mol. The molecule has 14 heteroatoms. The lowest BCUT2D eigenvalue weighted by atomic mass is 10.1. The van der Waals surface area contributed by atoms with Crippen LogP contribution in [0.1, 0.15) is 11.1 Å². The van der Waals surface area contributed by atoms with Crippen molar-refractivity contribution in [2.75, 3.05) is 24.5 Å². The zero-order valence-electron chi connectivity index (χ0n) is 14.8. The standard InChI is InChI=1S/C16H14F6N4O4/c17-15(18,19)10-5-9(2-1-8(10)6-23)26-7-11(30-13(26)16(20,21)22)12(27)24-3-4-25-14(28)29/h1-2,5,11,13,25H,3-4,7H2,(H,24,27)(H,28,29). The zero-order chi connectivity index (χ0) is 22.7. The number of anilines is 1. The van der Waals surface area contributed by atoms with Crippen molar-refractivity contribution >= 4 is 17.7 Å². The number of rotatable bonds is 5. The maximum atomic E-state index is 13.4. The van der Waals surface area contributed by atoms with Gasteiger partial charge in [0.2, 0.25) is 6.23 Å². The third-order valence-electron chi connectivity index (χ3n) is 3.97. The van der Waals surface area contributed by atoms with Crippen LogP contribution in [0, 0.1) is 11.3 Å². The Morgan fingerprint density at radius 3 is 2.37 bits per heavy atom. The highest BCUT2D eigenvalue weighted by Gasteiger charge is 2.52. The Morgan fingerprint density at radius 2 is 1.83 bits per heavy atom. The minimum absolute atomic E-state index is 0.217. The maximum absolute atomic E-state index is 13.4. The van der Waals surface area contributed by atoms with Gasteiger partial charge in [-0.15, -0.1) is 0 Å². The SMILES string of the molecule is N#Cc1ccc(N2CC(C(=O)NCCNC(=O)O)OC2C(F)(F)F)cc1C(F)(F)F. The first-order chi connectivity index (χ1) is 13.8.